The van der Waals surface area contributed by atoms with Gasteiger partial charge < -0.3 is 9.73 Å². The number of furan rings is 1. The molecule has 0 bridgehead atoms. The first-order valence-electron chi connectivity index (χ1n) is 9.61. The molecule has 6 nitrogen and oxygen atoms in total. The zero-order chi connectivity index (χ0) is 20.9. The van der Waals surface area contributed by atoms with E-state index in [1.165, 1.54) is 11.8 Å². The summed E-state index contributed by atoms with van der Waals surface area (Å²) in [5.41, 5.74) is 1.51. The molecular formula is C23H21N3O3S. The smallest absolute Gasteiger partial charge is 0.262 e. The van der Waals surface area contributed by atoms with Crippen LogP contribution in [0.2, 0.25) is 0 Å². The molecule has 30 heavy (non-hydrogen) atoms. The summed E-state index contributed by atoms with van der Waals surface area (Å²) < 4.78 is 6.90. The van der Waals surface area contributed by atoms with Gasteiger partial charge in [-0.3, -0.25) is 14.2 Å². The van der Waals surface area contributed by atoms with Gasteiger partial charge >= 0.3 is 0 Å². The lowest BCUT2D eigenvalue weighted by Gasteiger charge is -2.20. The minimum atomic E-state index is -0.218. The predicted octanol–water partition coefficient (Wildman–Crippen LogP) is 4.01. The third-order valence-corrected chi connectivity index (χ3v) is 5.77. The van der Waals surface area contributed by atoms with Gasteiger partial charge in [0.25, 0.3) is 5.56 Å². The monoisotopic (exact) mass is 419 g/mol. The maximum atomic E-state index is 13.3. The molecule has 152 valence electrons. The summed E-state index contributed by atoms with van der Waals surface area (Å²) in [6.07, 6.45) is 1.57. The zero-order valence-electron chi connectivity index (χ0n) is 16.4. The molecular weight excluding hydrogens is 398 g/mol. The number of carbonyl (C=O) groups excluding carboxylic acids is 1. The summed E-state index contributed by atoms with van der Waals surface area (Å²) >= 11 is 1.25. The Kier molecular flexibility index (Phi) is 5.99. The number of nitrogens with one attached hydrogen (secondary N) is 1. The number of nitrogens with zero attached hydrogens (tertiary/aromatic N) is 2. The van der Waals surface area contributed by atoms with Crippen molar-refractivity contribution in [1.82, 2.24) is 14.9 Å². The lowest BCUT2D eigenvalue weighted by Crippen LogP contribution is -2.28. The molecule has 1 atom stereocenters. The van der Waals surface area contributed by atoms with Gasteiger partial charge in [0.2, 0.25) is 5.91 Å². The van der Waals surface area contributed by atoms with Crippen LogP contribution in [0.3, 0.4) is 0 Å². The second-order valence-corrected chi connectivity index (χ2v) is 7.76. The van der Waals surface area contributed by atoms with E-state index in [0.717, 1.165) is 5.56 Å². The molecule has 2 aromatic carbocycles. The van der Waals surface area contributed by atoms with Crippen molar-refractivity contribution in [3.8, 4) is 0 Å². The fourth-order valence-corrected chi connectivity index (χ4v) is 4.13. The van der Waals surface area contributed by atoms with Gasteiger partial charge in [0.15, 0.2) is 5.16 Å². The highest BCUT2D eigenvalue weighted by atomic mass is 32.2. The molecule has 1 amide bonds. The van der Waals surface area contributed by atoms with Crippen molar-refractivity contribution >= 4 is 28.6 Å². The van der Waals surface area contributed by atoms with Crippen LogP contribution in [0.5, 0.6) is 0 Å². The predicted molar refractivity (Wildman–Crippen MR) is 118 cm³/mol. The van der Waals surface area contributed by atoms with Crippen LogP contribution >= 0.6 is 11.8 Å². The van der Waals surface area contributed by atoms with Crippen molar-refractivity contribution in [3.05, 3.63) is 94.7 Å². The normalized spacial score (nSPS) is 12.0. The third kappa shape index (κ3) is 4.31. The number of rotatable bonds is 7. The number of carbonyl (C=O) groups is 1. The molecule has 0 fully saturated rings. The Hall–Kier alpha value is -3.32. The summed E-state index contributed by atoms with van der Waals surface area (Å²) in [7, 11) is 0. The summed E-state index contributed by atoms with van der Waals surface area (Å²) in [5.74, 6) is 0.678. The van der Waals surface area contributed by atoms with E-state index in [-0.39, 0.29) is 23.3 Å². The van der Waals surface area contributed by atoms with Crippen LogP contribution in [0.4, 0.5) is 0 Å². The van der Waals surface area contributed by atoms with E-state index in [4.69, 9.17) is 9.40 Å². The van der Waals surface area contributed by atoms with Crippen LogP contribution in [0.15, 0.2) is 87.4 Å². The van der Waals surface area contributed by atoms with Crippen molar-refractivity contribution in [1.29, 1.82) is 0 Å². The molecule has 2 aromatic heterocycles. The van der Waals surface area contributed by atoms with E-state index in [2.05, 4.69) is 5.32 Å². The zero-order valence-corrected chi connectivity index (χ0v) is 17.3. The first-order chi connectivity index (χ1) is 14.6. The number of hydrogen-bond acceptors (Lipinski definition) is 5. The highest BCUT2D eigenvalue weighted by Crippen LogP contribution is 2.24. The summed E-state index contributed by atoms with van der Waals surface area (Å²) in [6.45, 7) is 2.29. The Morgan fingerprint density at radius 2 is 1.87 bits per heavy atom. The summed E-state index contributed by atoms with van der Waals surface area (Å²) in [6, 6.07) is 20.4. The van der Waals surface area contributed by atoms with Gasteiger partial charge in [-0.15, -0.1) is 0 Å². The molecule has 1 N–H and O–H groups in total. The Morgan fingerprint density at radius 1 is 1.10 bits per heavy atom. The quantitative estimate of drug-likeness (QED) is 0.362. The van der Waals surface area contributed by atoms with E-state index in [1.54, 1.807) is 29.0 Å². The lowest BCUT2D eigenvalue weighted by atomic mass is 10.1. The van der Waals surface area contributed by atoms with Crippen molar-refractivity contribution in [2.24, 2.45) is 0 Å². The number of benzene rings is 2. The number of fused-ring (bicyclic) bond motifs is 1. The molecule has 0 radical (unpaired) electrons. The minimum absolute atomic E-state index is 0.115. The maximum absolute atomic E-state index is 13.3. The third-order valence-electron chi connectivity index (χ3n) is 4.82. The van der Waals surface area contributed by atoms with Gasteiger partial charge in [-0.25, -0.2) is 4.98 Å². The first-order valence-corrected chi connectivity index (χ1v) is 10.6. The Morgan fingerprint density at radius 3 is 2.63 bits per heavy atom. The van der Waals surface area contributed by atoms with Crippen molar-refractivity contribution in [2.45, 2.75) is 24.7 Å². The van der Waals surface area contributed by atoms with Gasteiger partial charge in [-0.2, -0.15) is 0 Å². The van der Waals surface area contributed by atoms with Gasteiger partial charge in [0.1, 0.15) is 5.76 Å². The average Bonchev–Trinajstić information content (AvgIpc) is 3.30. The number of amides is 1. The molecule has 0 saturated heterocycles. The SMILES string of the molecule is C[C@H](c1ccccc1)n1c(SCC(=O)NCc2ccco2)nc2ccccc2c1=O. The van der Waals surface area contributed by atoms with Gasteiger partial charge in [0, 0.05) is 0 Å². The summed E-state index contributed by atoms with van der Waals surface area (Å²) in [5, 5.41) is 3.90. The standard InChI is InChI=1S/C23H21N3O3S/c1-16(17-8-3-2-4-9-17)26-22(28)19-11-5-6-12-20(19)25-23(26)30-15-21(27)24-14-18-10-7-13-29-18/h2-13,16H,14-15H2,1H3,(H,24,27)/t16-/m1/s1. The molecule has 0 spiro atoms. The highest BCUT2D eigenvalue weighted by molar-refractivity contribution is 7.99. The number of hydrogen-bond donors (Lipinski definition) is 1. The van der Waals surface area contributed by atoms with Crippen LogP contribution in [-0.4, -0.2) is 21.2 Å². The van der Waals surface area contributed by atoms with Gasteiger partial charge in [-0.1, -0.05) is 54.2 Å². The largest absolute Gasteiger partial charge is 0.467 e. The molecule has 0 unspecified atom stereocenters. The van der Waals surface area contributed by atoms with Crippen LogP contribution in [0, 0.1) is 0 Å². The fraction of sp³-hybridized carbons (Fsp3) is 0.174. The number of para-hydroxylation sites is 1. The van der Waals surface area contributed by atoms with E-state index in [9.17, 15) is 9.59 Å². The second kappa shape index (κ2) is 9.00. The molecule has 0 aliphatic carbocycles. The minimum Gasteiger partial charge on any atom is -0.467 e. The van der Waals surface area contributed by atoms with E-state index in [0.29, 0.717) is 28.4 Å². The van der Waals surface area contributed by atoms with Crippen molar-refractivity contribution in [3.63, 3.8) is 0 Å². The highest BCUT2D eigenvalue weighted by Gasteiger charge is 2.18. The van der Waals surface area contributed by atoms with Crippen LogP contribution < -0.4 is 10.9 Å². The topological polar surface area (TPSA) is 77.1 Å². The van der Waals surface area contributed by atoms with Gasteiger partial charge in [0.05, 0.1) is 35.5 Å². The number of aromatic nitrogens is 2. The Balaban J connectivity index is 1.62. The molecule has 0 aliphatic rings. The molecule has 2 heterocycles. The Bertz CT molecular complexity index is 1200. The van der Waals surface area contributed by atoms with E-state index >= 15 is 0 Å². The average molecular weight is 420 g/mol. The summed E-state index contributed by atoms with van der Waals surface area (Å²) in [4.78, 5) is 30.3. The van der Waals surface area contributed by atoms with E-state index in [1.807, 2.05) is 55.5 Å². The van der Waals surface area contributed by atoms with Crippen LogP contribution in [0.25, 0.3) is 10.9 Å². The molecule has 7 heteroatoms. The number of thioether (sulfide) groups is 1. The first kappa shape index (κ1) is 20.0. The molecule has 4 rings (SSSR count). The molecule has 0 saturated carbocycles. The second-order valence-electron chi connectivity index (χ2n) is 6.82. The van der Waals surface area contributed by atoms with Crippen molar-refractivity contribution in [2.75, 3.05) is 5.75 Å². The molecule has 0 aliphatic heterocycles. The van der Waals surface area contributed by atoms with E-state index < -0.39 is 0 Å². The van der Waals surface area contributed by atoms with Gasteiger partial charge in [-0.05, 0) is 36.8 Å². The maximum Gasteiger partial charge on any atom is 0.262 e. The van der Waals surface area contributed by atoms with Crippen LogP contribution in [-0.2, 0) is 11.3 Å². The fourth-order valence-electron chi connectivity index (χ4n) is 3.23. The van der Waals surface area contributed by atoms with Crippen LogP contribution in [0.1, 0.15) is 24.3 Å². The molecule has 4 aromatic rings. The lowest BCUT2D eigenvalue weighted by molar-refractivity contribution is -0.118. The van der Waals surface area contributed by atoms with Crippen molar-refractivity contribution < 1.29 is 9.21 Å². The Labute approximate surface area is 177 Å².